The number of carbonyl (C=O) groups excluding carboxylic acids is 1. The molecule has 0 heterocycles. The molecule has 0 aromatic heterocycles. The molecule has 0 N–H and O–H groups in total. The van der Waals surface area contributed by atoms with Crippen LogP contribution in [0.3, 0.4) is 0 Å². The number of thioether (sulfide) groups is 1. The summed E-state index contributed by atoms with van der Waals surface area (Å²) >= 11 is 6.79. The van der Waals surface area contributed by atoms with Gasteiger partial charge in [0.25, 0.3) is 0 Å². The Bertz CT molecular complexity index is 748. The van der Waals surface area contributed by atoms with E-state index in [0.29, 0.717) is 21.0 Å². The van der Waals surface area contributed by atoms with E-state index >= 15 is 0 Å². The maximum Gasteiger partial charge on any atom is 0.378 e. The van der Waals surface area contributed by atoms with Gasteiger partial charge >= 0.3 is 11.9 Å². The molecule has 25 heavy (non-hydrogen) atoms. The van der Waals surface area contributed by atoms with Crippen molar-refractivity contribution >= 4 is 29.3 Å². The lowest BCUT2D eigenvalue weighted by Crippen LogP contribution is -2.36. The first-order chi connectivity index (χ1) is 11.8. The maximum absolute atomic E-state index is 14.9. The molecule has 0 fully saturated rings. The predicted molar refractivity (Wildman–Crippen MR) is 97.5 cm³/mol. The molecule has 1 unspecified atom stereocenters. The SMILES string of the molecule is CCOC(=O)C(F)(F)C(Sc1ccc(Cl)cc1)c1cc(C)ccc1C. The van der Waals surface area contributed by atoms with Gasteiger partial charge in [0.05, 0.1) is 6.61 Å². The normalized spacial score (nSPS) is 12.7. The highest BCUT2D eigenvalue weighted by Gasteiger charge is 2.50. The molecular formula is C19H19ClF2O2S. The molecule has 0 bridgehead atoms. The molecule has 6 heteroatoms. The highest BCUT2D eigenvalue weighted by Crippen LogP contribution is 2.47. The number of carbonyl (C=O) groups is 1. The zero-order chi connectivity index (χ0) is 18.6. The Balaban J connectivity index is 2.48. The van der Waals surface area contributed by atoms with E-state index in [4.69, 9.17) is 11.6 Å². The minimum atomic E-state index is -3.67. The van der Waals surface area contributed by atoms with E-state index in [1.54, 1.807) is 43.3 Å². The van der Waals surface area contributed by atoms with Crippen LogP contribution in [0.25, 0.3) is 0 Å². The van der Waals surface area contributed by atoms with Crippen LogP contribution in [0.5, 0.6) is 0 Å². The van der Waals surface area contributed by atoms with E-state index in [9.17, 15) is 13.6 Å². The van der Waals surface area contributed by atoms with Gasteiger partial charge in [-0.3, -0.25) is 0 Å². The molecule has 0 spiro atoms. The lowest BCUT2D eigenvalue weighted by Gasteiger charge is -2.26. The van der Waals surface area contributed by atoms with Crippen LogP contribution >= 0.6 is 23.4 Å². The number of hydrogen-bond acceptors (Lipinski definition) is 3. The summed E-state index contributed by atoms with van der Waals surface area (Å²) in [4.78, 5) is 12.5. The van der Waals surface area contributed by atoms with Crippen molar-refractivity contribution in [3.05, 3.63) is 64.2 Å². The van der Waals surface area contributed by atoms with Gasteiger partial charge in [0.15, 0.2) is 0 Å². The van der Waals surface area contributed by atoms with Crippen LogP contribution in [0, 0.1) is 13.8 Å². The van der Waals surface area contributed by atoms with Gasteiger partial charge < -0.3 is 4.74 Å². The van der Waals surface area contributed by atoms with Gasteiger partial charge in [0.1, 0.15) is 5.25 Å². The second kappa shape index (κ2) is 8.19. The first kappa shape index (κ1) is 19.7. The summed E-state index contributed by atoms with van der Waals surface area (Å²) in [5, 5.41) is -0.877. The summed E-state index contributed by atoms with van der Waals surface area (Å²) in [7, 11) is 0. The van der Waals surface area contributed by atoms with Gasteiger partial charge in [-0.25, -0.2) is 4.79 Å². The summed E-state index contributed by atoms with van der Waals surface area (Å²) in [6.07, 6.45) is 0. The van der Waals surface area contributed by atoms with Crippen LogP contribution in [-0.4, -0.2) is 18.5 Å². The van der Waals surface area contributed by atoms with Crippen LogP contribution < -0.4 is 0 Å². The topological polar surface area (TPSA) is 26.3 Å². The number of aryl methyl sites for hydroxylation is 2. The molecule has 0 aliphatic carbocycles. The standard InChI is InChI=1S/C19H19ClF2O2S/c1-4-24-18(23)19(21,22)17(16-11-12(2)5-6-13(16)3)25-15-9-7-14(20)8-10-15/h5-11,17H,4H2,1-3H3. The van der Waals surface area contributed by atoms with Gasteiger partial charge in [0.2, 0.25) is 0 Å². The fourth-order valence-electron chi connectivity index (χ4n) is 2.36. The maximum atomic E-state index is 14.9. The van der Waals surface area contributed by atoms with Crippen LogP contribution in [0.1, 0.15) is 28.9 Å². The van der Waals surface area contributed by atoms with Gasteiger partial charge in [-0.2, -0.15) is 8.78 Å². The largest absolute Gasteiger partial charge is 0.462 e. The molecule has 0 aliphatic heterocycles. The highest BCUT2D eigenvalue weighted by molar-refractivity contribution is 7.99. The van der Waals surface area contributed by atoms with Gasteiger partial charge in [-0.05, 0) is 56.2 Å². The molecule has 0 amide bonds. The average Bonchev–Trinajstić information content (AvgIpc) is 2.57. The molecular weight excluding hydrogens is 366 g/mol. The molecule has 0 aliphatic rings. The molecule has 1 atom stereocenters. The third kappa shape index (κ3) is 4.73. The number of hydrogen-bond donors (Lipinski definition) is 0. The fraction of sp³-hybridized carbons (Fsp3) is 0.316. The van der Waals surface area contributed by atoms with Crippen molar-refractivity contribution in [1.29, 1.82) is 0 Å². The molecule has 2 aromatic rings. The number of ether oxygens (including phenoxy) is 1. The summed E-state index contributed by atoms with van der Waals surface area (Å²) < 4.78 is 34.4. The monoisotopic (exact) mass is 384 g/mol. The number of benzene rings is 2. The quantitative estimate of drug-likeness (QED) is 0.452. The third-order valence-corrected chi connectivity index (χ3v) is 5.24. The second-order valence-corrected chi connectivity index (χ2v) is 7.27. The molecule has 2 nitrogen and oxygen atoms in total. The van der Waals surface area contributed by atoms with E-state index in [1.807, 2.05) is 13.0 Å². The van der Waals surface area contributed by atoms with Crippen molar-refractivity contribution in [2.24, 2.45) is 0 Å². The van der Waals surface area contributed by atoms with Crippen molar-refractivity contribution in [1.82, 2.24) is 0 Å². The molecule has 0 saturated carbocycles. The van der Waals surface area contributed by atoms with E-state index in [1.165, 1.54) is 6.92 Å². The molecule has 0 saturated heterocycles. The zero-order valence-corrected chi connectivity index (χ0v) is 15.8. The minimum absolute atomic E-state index is 0.0977. The number of halogens is 3. The van der Waals surface area contributed by atoms with Crippen LogP contribution in [0.4, 0.5) is 8.78 Å². The van der Waals surface area contributed by atoms with Crippen LogP contribution in [-0.2, 0) is 9.53 Å². The second-order valence-electron chi connectivity index (χ2n) is 5.66. The van der Waals surface area contributed by atoms with Crippen molar-refractivity contribution in [2.75, 3.05) is 6.61 Å². The van der Waals surface area contributed by atoms with E-state index in [-0.39, 0.29) is 6.61 Å². The van der Waals surface area contributed by atoms with Crippen molar-refractivity contribution in [3.63, 3.8) is 0 Å². The van der Waals surface area contributed by atoms with Crippen molar-refractivity contribution in [2.45, 2.75) is 36.8 Å². The summed E-state index contributed by atoms with van der Waals surface area (Å²) in [5.74, 6) is -5.18. The molecule has 2 aromatic carbocycles. The first-order valence-corrected chi connectivity index (χ1v) is 9.06. The number of esters is 1. The van der Waals surface area contributed by atoms with E-state index in [0.717, 1.165) is 17.3 Å². The van der Waals surface area contributed by atoms with Crippen molar-refractivity contribution in [3.8, 4) is 0 Å². The van der Waals surface area contributed by atoms with Crippen LogP contribution in [0.15, 0.2) is 47.4 Å². The Labute approximate surface area is 155 Å². The highest BCUT2D eigenvalue weighted by atomic mass is 35.5. The van der Waals surface area contributed by atoms with Crippen molar-refractivity contribution < 1.29 is 18.3 Å². The van der Waals surface area contributed by atoms with Gasteiger partial charge in [-0.1, -0.05) is 35.4 Å². The predicted octanol–water partition coefficient (Wildman–Crippen LogP) is 5.99. The van der Waals surface area contributed by atoms with Gasteiger partial charge in [0, 0.05) is 9.92 Å². The smallest absolute Gasteiger partial charge is 0.378 e. The molecule has 134 valence electrons. The Morgan fingerprint density at radius 3 is 2.44 bits per heavy atom. The molecule has 0 radical (unpaired) electrons. The third-order valence-electron chi connectivity index (χ3n) is 3.66. The summed E-state index contributed by atoms with van der Waals surface area (Å²) in [6.45, 7) is 4.99. The molecule has 2 rings (SSSR count). The lowest BCUT2D eigenvalue weighted by molar-refractivity contribution is -0.171. The van der Waals surface area contributed by atoms with E-state index in [2.05, 4.69) is 4.74 Å². The Morgan fingerprint density at radius 1 is 1.20 bits per heavy atom. The average molecular weight is 385 g/mol. The zero-order valence-electron chi connectivity index (χ0n) is 14.2. The Morgan fingerprint density at radius 2 is 1.84 bits per heavy atom. The first-order valence-electron chi connectivity index (χ1n) is 7.80. The Kier molecular flexibility index (Phi) is 6.47. The fourth-order valence-corrected chi connectivity index (χ4v) is 3.68. The number of rotatable bonds is 6. The van der Waals surface area contributed by atoms with E-state index < -0.39 is 17.1 Å². The Hall–Kier alpha value is -1.59. The summed E-state index contributed by atoms with van der Waals surface area (Å²) in [6, 6.07) is 11.9. The minimum Gasteiger partial charge on any atom is -0.462 e. The van der Waals surface area contributed by atoms with Gasteiger partial charge in [-0.15, -0.1) is 11.8 Å². The number of alkyl halides is 2. The van der Waals surface area contributed by atoms with Crippen LogP contribution in [0.2, 0.25) is 5.02 Å². The lowest BCUT2D eigenvalue weighted by atomic mass is 9.99. The summed E-state index contributed by atoms with van der Waals surface area (Å²) in [5.41, 5.74) is 1.96.